The molecule has 27 heavy (non-hydrogen) atoms. The van der Waals surface area contributed by atoms with E-state index in [2.05, 4.69) is 37.5 Å². The van der Waals surface area contributed by atoms with Crippen molar-refractivity contribution in [1.82, 2.24) is 14.5 Å². The summed E-state index contributed by atoms with van der Waals surface area (Å²) in [4.78, 5) is 19.9. The smallest absolute Gasteiger partial charge is 0.254 e. The molecule has 1 heterocycles. The highest BCUT2D eigenvalue weighted by molar-refractivity contribution is 5.94. The number of carbonyl (C=O) groups is 1. The van der Waals surface area contributed by atoms with Gasteiger partial charge in [-0.25, -0.2) is 4.98 Å². The minimum Gasteiger partial charge on any atom is -0.331 e. The lowest BCUT2D eigenvalue weighted by molar-refractivity contribution is 0.0716. The molecular formula is C23H29N3O. The van der Waals surface area contributed by atoms with Gasteiger partial charge in [0.15, 0.2) is 0 Å². The van der Waals surface area contributed by atoms with Gasteiger partial charge in [-0.2, -0.15) is 0 Å². The van der Waals surface area contributed by atoms with Crippen LogP contribution in [0, 0.1) is 5.92 Å². The summed E-state index contributed by atoms with van der Waals surface area (Å²) in [6.07, 6.45) is 2.23. The van der Waals surface area contributed by atoms with Crippen LogP contribution in [0.15, 0.2) is 54.6 Å². The van der Waals surface area contributed by atoms with Gasteiger partial charge in [0.1, 0.15) is 5.82 Å². The van der Waals surface area contributed by atoms with E-state index in [0.29, 0.717) is 19.0 Å². The summed E-state index contributed by atoms with van der Waals surface area (Å²) >= 11 is 0. The molecule has 3 aromatic rings. The van der Waals surface area contributed by atoms with Crippen molar-refractivity contribution in [1.29, 1.82) is 0 Å². The van der Waals surface area contributed by atoms with Gasteiger partial charge in [-0.05, 0) is 36.6 Å². The lowest BCUT2D eigenvalue weighted by Gasteiger charge is -2.25. The first-order valence-electron chi connectivity index (χ1n) is 9.88. The summed E-state index contributed by atoms with van der Waals surface area (Å²) in [5.41, 5.74) is 2.88. The number of carbonyl (C=O) groups excluding carboxylic acids is 1. The van der Waals surface area contributed by atoms with Gasteiger partial charge in [0.05, 0.1) is 17.6 Å². The molecule has 1 aromatic heterocycles. The third-order valence-corrected chi connectivity index (χ3v) is 4.69. The van der Waals surface area contributed by atoms with Gasteiger partial charge in [-0.3, -0.25) is 4.79 Å². The molecule has 0 bridgehead atoms. The number of nitrogens with zero attached hydrogens (tertiary/aromatic N) is 3. The maximum atomic E-state index is 13.1. The Morgan fingerprint density at radius 3 is 2.48 bits per heavy atom. The van der Waals surface area contributed by atoms with Crippen LogP contribution >= 0.6 is 0 Å². The number of amides is 1. The normalized spacial score (nSPS) is 11.3. The molecule has 1 amide bonds. The Morgan fingerprint density at radius 2 is 1.78 bits per heavy atom. The van der Waals surface area contributed by atoms with Gasteiger partial charge in [0, 0.05) is 18.7 Å². The van der Waals surface area contributed by atoms with Crippen molar-refractivity contribution in [2.75, 3.05) is 6.54 Å². The van der Waals surface area contributed by atoms with Crippen LogP contribution in [0.1, 0.15) is 49.8 Å². The second kappa shape index (κ2) is 8.85. The largest absolute Gasteiger partial charge is 0.331 e. The lowest BCUT2D eigenvalue weighted by atomic mass is 10.1. The van der Waals surface area contributed by atoms with Crippen molar-refractivity contribution >= 4 is 16.9 Å². The summed E-state index contributed by atoms with van der Waals surface area (Å²) in [6.45, 7) is 8.66. The van der Waals surface area contributed by atoms with Gasteiger partial charge in [0.25, 0.3) is 5.91 Å². The standard InChI is InChI=1S/C23H29N3O/c1-4-5-15-26-21-14-10-9-13-20(21)24-22(26)17-25(16-18(2)3)23(27)19-11-7-6-8-12-19/h6-14,18H,4-5,15-17H2,1-3H3. The van der Waals surface area contributed by atoms with E-state index in [9.17, 15) is 4.79 Å². The van der Waals surface area contributed by atoms with E-state index in [4.69, 9.17) is 4.98 Å². The Labute approximate surface area is 161 Å². The molecule has 0 N–H and O–H groups in total. The zero-order valence-electron chi connectivity index (χ0n) is 16.6. The zero-order chi connectivity index (χ0) is 19.2. The molecule has 0 fully saturated rings. The van der Waals surface area contributed by atoms with Crippen molar-refractivity contribution in [3.05, 3.63) is 66.0 Å². The number of imidazole rings is 1. The summed E-state index contributed by atoms with van der Waals surface area (Å²) < 4.78 is 2.28. The van der Waals surface area contributed by atoms with Gasteiger partial charge < -0.3 is 9.47 Å². The number of aryl methyl sites for hydroxylation is 1. The molecule has 4 nitrogen and oxygen atoms in total. The Morgan fingerprint density at radius 1 is 1.07 bits per heavy atom. The molecule has 0 saturated heterocycles. The van der Waals surface area contributed by atoms with Crippen LogP contribution in [0.4, 0.5) is 0 Å². The summed E-state index contributed by atoms with van der Waals surface area (Å²) in [5, 5.41) is 0. The van der Waals surface area contributed by atoms with Crippen LogP contribution in [0.2, 0.25) is 0 Å². The zero-order valence-corrected chi connectivity index (χ0v) is 16.6. The number of hydrogen-bond acceptors (Lipinski definition) is 2. The molecule has 0 unspecified atom stereocenters. The van der Waals surface area contributed by atoms with E-state index in [1.54, 1.807) is 0 Å². The quantitative estimate of drug-likeness (QED) is 0.556. The van der Waals surface area contributed by atoms with Crippen molar-refractivity contribution in [2.24, 2.45) is 5.92 Å². The Balaban J connectivity index is 1.94. The van der Waals surface area contributed by atoms with E-state index >= 15 is 0 Å². The number of fused-ring (bicyclic) bond motifs is 1. The molecule has 0 saturated carbocycles. The van der Waals surface area contributed by atoms with E-state index in [-0.39, 0.29) is 5.91 Å². The highest BCUT2D eigenvalue weighted by atomic mass is 16.2. The van der Waals surface area contributed by atoms with Crippen molar-refractivity contribution < 1.29 is 4.79 Å². The average molecular weight is 364 g/mol. The Bertz CT molecular complexity index is 883. The predicted octanol–water partition coefficient (Wildman–Crippen LogP) is 5.13. The Hall–Kier alpha value is -2.62. The topological polar surface area (TPSA) is 38.1 Å². The van der Waals surface area contributed by atoms with Crippen LogP contribution in [-0.4, -0.2) is 26.9 Å². The first-order chi connectivity index (χ1) is 13.1. The number of unbranched alkanes of at least 4 members (excludes halogenated alkanes) is 1. The van der Waals surface area contributed by atoms with Crippen molar-refractivity contribution in [3.8, 4) is 0 Å². The number of hydrogen-bond donors (Lipinski definition) is 0. The third-order valence-electron chi connectivity index (χ3n) is 4.69. The fourth-order valence-electron chi connectivity index (χ4n) is 3.41. The minimum atomic E-state index is 0.0680. The molecule has 4 heteroatoms. The monoisotopic (exact) mass is 363 g/mol. The van der Waals surface area contributed by atoms with Crippen LogP contribution in [0.25, 0.3) is 11.0 Å². The Kier molecular flexibility index (Phi) is 6.28. The predicted molar refractivity (Wildman–Crippen MR) is 111 cm³/mol. The summed E-state index contributed by atoms with van der Waals surface area (Å²) in [7, 11) is 0. The number of para-hydroxylation sites is 2. The summed E-state index contributed by atoms with van der Waals surface area (Å²) in [5.74, 6) is 1.43. The maximum absolute atomic E-state index is 13.1. The average Bonchev–Trinajstić information content (AvgIpc) is 3.02. The second-order valence-corrected chi connectivity index (χ2v) is 7.47. The van der Waals surface area contributed by atoms with Gasteiger partial charge in [-0.1, -0.05) is 57.5 Å². The molecule has 142 valence electrons. The maximum Gasteiger partial charge on any atom is 0.254 e. The molecule has 0 radical (unpaired) electrons. The molecule has 0 aliphatic heterocycles. The van der Waals surface area contributed by atoms with E-state index in [1.165, 1.54) is 0 Å². The number of benzene rings is 2. The van der Waals surface area contributed by atoms with Crippen LogP contribution in [0.3, 0.4) is 0 Å². The fraction of sp³-hybridized carbons (Fsp3) is 0.391. The van der Waals surface area contributed by atoms with E-state index < -0.39 is 0 Å². The third kappa shape index (κ3) is 4.57. The molecular weight excluding hydrogens is 334 g/mol. The molecule has 3 rings (SSSR count). The molecule has 0 spiro atoms. The van der Waals surface area contributed by atoms with Crippen LogP contribution in [0.5, 0.6) is 0 Å². The molecule has 2 aromatic carbocycles. The summed E-state index contributed by atoms with van der Waals surface area (Å²) in [6, 6.07) is 17.8. The highest BCUT2D eigenvalue weighted by Gasteiger charge is 2.20. The van der Waals surface area contributed by atoms with Crippen molar-refractivity contribution in [3.63, 3.8) is 0 Å². The minimum absolute atomic E-state index is 0.0680. The molecule has 0 atom stereocenters. The first kappa shape index (κ1) is 19.2. The molecule has 0 aliphatic carbocycles. The van der Waals surface area contributed by atoms with Crippen LogP contribution < -0.4 is 0 Å². The van der Waals surface area contributed by atoms with Gasteiger partial charge >= 0.3 is 0 Å². The SMILES string of the molecule is CCCCn1c(CN(CC(C)C)C(=O)c2ccccc2)nc2ccccc21. The fourth-order valence-corrected chi connectivity index (χ4v) is 3.41. The van der Waals surface area contributed by atoms with E-state index in [0.717, 1.165) is 41.8 Å². The highest BCUT2D eigenvalue weighted by Crippen LogP contribution is 2.20. The van der Waals surface area contributed by atoms with Gasteiger partial charge in [-0.15, -0.1) is 0 Å². The lowest BCUT2D eigenvalue weighted by Crippen LogP contribution is -2.34. The van der Waals surface area contributed by atoms with Crippen LogP contribution in [-0.2, 0) is 13.1 Å². The number of rotatable bonds is 8. The molecule has 0 aliphatic rings. The van der Waals surface area contributed by atoms with Gasteiger partial charge in [0.2, 0.25) is 0 Å². The van der Waals surface area contributed by atoms with E-state index in [1.807, 2.05) is 47.4 Å². The number of aromatic nitrogens is 2. The van der Waals surface area contributed by atoms with Crippen molar-refractivity contribution in [2.45, 2.75) is 46.7 Å². The second-order valence-electron chi connectivity index (χ2n) is 7.47. The first-order valence-corrected chi connectivity index (χ1v) is 9.88.